The van der Waals surface area contributed by atoms with Crippen molar-refractivity contribution in [3.8, 4) is 5.75 Å². The van der Waals surface area contributed by atoms with Gasteiger partial charge in [-0.2, -0.15) is 4.31 Å². The van der Waals surface area contributed by atoms with Gasteiger partial charge in [-0.15, -0.1) is 11.3 Å². The first-order chi connectivity index (χ1) is 16.3. The maximum Gasteiger partial charge on any atom is 0.342 e. The van der Waals surface area contributed by atoms with Crippen molar-refractivity contribution in [2.75, 3.05) is 27.3 Å². The highest BCUT2D eigenvalue weighted by atomic mass is 32.2. The van der Waals surface area contributed by atoms with Crippen LogP contribution in [0.2, 0.25) is 0 Å². The molecule has 0 radical (unpaired) electrons. The minimum atomic E-state index is -3.90. The van der Waals surface area contributed by atoms with E-state index in [0.29, 0.717) is 37.3 Å². The van der Waals surface area contributed by atoms with Crippen LogP contribution in [0, 0.1) is 23.2 Å². The van der Waals surface area contributed by atoms with Crippen molar-refractivity contribution in [1.82, 2.24) is 9.62 Å². The number of esters is 1. The van der Waals surface area contributed by atoms with E-state index in [4.69, 9.17) is 9.47 Å². The SMILES string of the molecule is COC(=O)c1csc(S(=O)(=O)N2CCCCC2CNC(=O)C23CC4CC(CC(C4)C2)C3)c1OC. The summed E-state index contributed by atoms with van der Waals surface area (Å²) in [6.45, 7) is 0.701. The van der Waals surface area contributed by atoms with Gasteiger partial charge in [-0.25, -0.2) is 13.2 Å². The Kier molecular flexibility index (Phi) is 6.44. The fraction of sp³-hybridized carbons (Fsp3) is 0.750. The van der Waals surface area contributed by atoms with Gasteiger partial charge in [0.05, 0.1) is 14.2 Å². The van der Waals surface area contributed by atoms with Gasteiger partial charge in [0.15, 0.2) is 9.96 Å². The molecule has 34 heavy (non-hydrogen) atoms. The maximum absolute atomic E-state index is 13.7. The second-order valence-electron chi connectivity index (χ2n) is 10.6. The number of piperidine rings is 1. The van der Waals surface area contributed by atoms with Gasteiger partial charge in [0.2, 0.25) is 5.91 Å². The number of thiophene rings is 1. The van der Waals surface area contributed by atoms with Crippen LogP contribution in [-0.4, -0.2) is 58.0 Å². The van der Waals surface area contributed by atoms with E-state index in [1.54, 1.807) is 0 Å². The average Bonchev–Trinajstić information content (AvgIpc) is 3.26. The highest BCUT2D eigenvalue weighted by molar-refractivity contribution is 7.91. The van der Waals surface area contributed by atoms with E-state index >= 15 is 0 Å². The van der Waals surface area contributed by atoms with Crippen molar-refractivity contribution < 1.29 is 27.5 Å². The quantitative estimate of drug-likeness (QED) is 0.564. The van der Waals surface area contributed by atoms with Crippen LogP contribution >= 0.6 is 11.3 Å². The Hall–Kier alpha value is -1.65. The number of nitrogens with zero attached hydrogens (tertiary/aromatic N) is 1. The molecule has 0 aromatic carbocycles. The van der Waals surface area contributed by atoms with Crippen LogP contribution in [0.4, 0.5) is 0 Å². The molecule has 6 rings (SSSR count). The molecular weight excluding hydrogens is 476 g/mol. The zero-order chi connectivity index (χ0) is 24.1. The summed E-state index contributed by atoms with van der Waals surface area (Å²) in [6.07, 6.45) is 9.15. The zero-order valence-electron chi connectivity index (χ0n) is 19.9. The lowest BCUT2D eigenvalue weighted by atomic mass is 9.49. The summed E-state index contributed by atoms with van der Waals surface area (Å²) in [5.74, 6) is 1.55. The summed E-state index contributed by atoms with van der Waals surface area (Å²) < 4.78 is 38.9. The Labute approximate surface area is 205 Å². The molecule has 1 N–H and O–H groups in total. The number of nitrogens with one attached hydrogen (secondary N) is 1. The van der Waals surface area contributed by atoms with Crippen molar-refractivity contribution in [2.24, 2.45) is 23.2 Å². The molecule has 188 valence electrons. The third kappa shape index (κ3) is 4.05. The highest BCUT2D eigenvalue weighted by Gasteiger charge is 2.54. The standard InChI is InChI=1S/C24H34N2O6S2/c1-31-20-19(21(27)32-2)14-33-22(20)34(29,30)26-6-4-3-5-18(26)13-25-23(28)24-10-15-7-16(11-24)9-17(8-15)12-24/h14-18H,3-13H2,1-2H3,(H,25,28). The molecule has 0 spiro atoms. The van der Waals surface area contributed by atoms with Crippen LogP contribution in [0.1, 0.15) is 68.1 Å². The van der Waals surface area contributed by atoms with E-state index < -0.39 is 16.0 Å². The molecule has 1 atom stereocenters. The summed E-state index contributed by atoms with van der Waals surface area (Å²) >= 11 is 0.967. The van der Waals surface area contributed by atoms with Crippen molar-refractivity contribution in [3.05, 3.63) is 10.9 Å². The topological polar surface area (TPSA) is 102 Å². The van der Waals surface area contributed by atoms with E-state index in [1.165, 1.54) is 43.2 Å². The van der Waals surface area contributed by atoms with Gasteiger partial charge in [-0.3, -0.25) is 4.79 Å². The summed E-state index contributed by atoms with van der Waals surface area (Å²) in [6, 6.07) is -0.315. The highest BCUT2D eigenvalue weighted by Crippen LogP contribution is 2.60. The monoisotopic (exact) mass is 510 g/mol. The Morgan fingerprint density at radius 1 is 1.12 bits per heavy atom. The van der Waals surface area contributed by atoms with Gasteiger partial charge >= 0.3 is 5.97 Å². The molecule has 4 bridgehead atoms. The number of hydrogen-bond donors (Lipinski definition) is 1. The molecule has 1 aliphatic heterocycles. The lowest BCUT2D eigenvalue weighted by Crippen LogP contribution is -2.56. The van der Waals surface area contributed by atoms with E-state index in [-0.39, 0.29) is 32.9 Å². The van der Waals surface area contributed by atoms with Gasteiger partial charge in [-0.1, -0.05) is 6.42 Å². The molecule has 4 saturated carbocycles. The van der Waals surface area contributed by atoms with E-state index in [2.05, 4.69) is 5.32 Å². The molecule has 2 heterocycles. The molecule has 1 amide bonds. The number of rotatable bonds is 7. The third-order valence-electron chi connectivity index (χ3n) is 8.46. The largest absolute Gasteiger partial charge is 0.494 e. The Bertz CT molecular complexity index is 1030. The molecule has 4 aliphatic carbocycles. The summed E-state index contributed by atoms with van der Waals surface area (Å²) in [7, 11) is -1.30. The number of hydrogen-bond acceptors (Lipinski definition) is 7. The van der Waals surface area contributed by atoms with Crippen LogP contribution in [-0.2, 0) is 19.6 Å². The predicted molar refractivity (Wildman–Crippen MR) is 127 cm³/mol. The molecule has 1 aromatic heterocycles. The number of methoxy groups -OCH3 is 2. The number of carbonyl (C=O) groups excluding carboxylic acids is 2. The van der Waals surface area contributed by atoms with Gasteiger partial charge in [-0.05, 0) is 69.1 Å². The van der Waals surface area contributed by atoms with Crippen LogP contribution in [0.5, 0.6) is 5.75 Å². The van der Waals surface area contributed by atoms with Gasteiger partial charge in [0.1, 0.15) is 5.56 Å². The van der Waals surface area contributed by atoms with Gasteiger partial charge in [0, 0.05) is 29.9 Å². The molecule has 1 unspecified atom stereocenters. The predicted octanol–water partition coefficient (Wildman–Crippen LogP) is 3.42. The zero-order valence-corrected chi connectivity index (χ0v) is 21.5. The second kappa shape index (κ2) is 9.09. The first-order valence-corrected chi connectivity index (χ1v) is 14.6. The average molecular weight is 511 g/mol. The van der Waals surface area contributed by atoms with Crippen molar-refractivity contribution in [1.29, 1.82) is 0 Å². The van der Waals surface area contributed by atoms with Crippen molar-refractivity contribution >= 4 is 33.2 Å². The van der Waals surface area contributed by atoms with Crippen LogP contribution in [0.25, 0.3) is 0 Å². The van der Waals surface area contributed by atoms with Crippen LogP contribution in [0.3, 0.4) is 0 Å². The number of sulfonamides is 1. The van der Waals surface area contributed by atoms with E-state index in [0.717, 1.165) is 43.4 Å². The number of ether oxygens (including phenoxy) is 2. The molecular formula is C24H34N2O6S2. The first-order valence-electron chi connectivity index (χ1n) is 12.3. The third-order valence-corrected chi connectivity index (χ3v) is 11.9. The molecule has 5 aliphatic rings. The van der Waals surface area contributed by atoms with E-state index in [1.807, 2.05) is 0 Å². The first kappa shape index (κ1) is 24.1. The number of carbonyl (C=O) groups is 2. The van der Waals surface area contributed by atoms with Crippen LogP contribution < -0.4 is 10.1 Å². The summed E-state index contributed by atoms with van der Waals surface area (Å²) in [5.41, 5.74) is -0.142. The van der Waals surface area contributed by atoms with Gasteiger partial charge < -0.3 is 14.8 Å². The lowest BCUT2D eigenvalue weighted by molar-refractivity contribution is -0.146. The normalized spacial score (nSPS) is 33.0. The molecule has 5 fully saturated rings. The summed E-state index contributed by atoms with van der Waals surface area (Å²) in [5, 5.41) is 4.64. The maximum atomic E-state index is 13.7. The molecule has 1 saturated heterocycles. The van der Waals surface area contributed by atoms with Crippen molar-refractivity contribution in [3.63, 3.8) is 0 Å². The smallest absolute Gasteiger partial charge is 0.342 e. The molecule has 8 nitrogen and oxygen atoms in total. The van der Waals surface area contributed by atoms with E-state index in [9.17, 15) is 18.0 Å². The Balaban J connectivity index is 1.32. The second-order valence-corrected chi connectivity index (χ2v) is 13.6. The Morgan fingerprint density at radius 2 is 1.76 bits per heavy atom. The minimum Gasteiger partial charge on any atom is -0.494 e. The summed E-state index contributed by atoms with van der Waals surface area (Å²) in [4.78, 5) is 25.5. The molecule has 10 heteroatoms. The van der Waals surface area contributed by atoms with Crippen molar-refractivity contribution in [2.45, 2.75) is 68.0 Å². The fourth-order valence-corrected chi connectivity index (χ4v) is 10.6. The lowest BCUT2D eigenvalue weighted by Gasteiger charge is -2.55. The Morgan fingerprint density at radius 3 is 2.35 bits per heavy atom. The fourth-order valence-electron chi connectivity index (χ4n) is 7.34. The minimum absolute atomic E-state index is 0.00899. The molecule has 1 aromatic rings. The number of amides is 1. The van der Waals surface area contributed by atoms with Crippen LogP contribution in [0.15, 0.2) is 9.59 Å². The van der Waals surface area contributed by atoms with Gasteiger partial charge in [0.25, 0.3) is 10.0 Å².